The molecule has 0 saturated carbocycles. The van der Waals surface area contributed by atoms with Crippen molar-refractivity contribution in [1.29, 1.82) is 0 Å². The number of hydrogen-bond donors (Lipinski definition) is 0. The van der Waals surface area contributed by atoms with Crippen molar-refractivity contribution in [2.45, 2.75) is 31.2 Å². The Balaban J connectivity index is 0.00000289. The Morgan fingerprint density at radius 1 is 1.22 bits per heavy atom. The van der Waals surface area contributed by atoms with Crippen molar-refractivity contribution < 1.29 is 9.18 Å². The number of rotatable bonds is 9. The summed E-state index contributed by atoms with van der Waals surface area (Å²) in [7, 11) is 0. The molecule has 1 amide bonds. The van der Waals surface area contributed by atoms with Crippen LogP contribution in [0.25, 0.3) is 10.2 Å². The highest BCUT2D eigenvalue weighted by Gasteiger charge is 2.19. The molecule has 0 fully saturated rings. The number of aryl methyl sites for hydroxylation is 2. The van der Waals surface area contributed by atoms with Gasteiger partial charge in [-0.25, -0.2) is 14.4 Å². The maximum atomic E-state index is 13.1. The Bertz CT molecular complexity index is 1150. The number of halogens is 2. The van der Waals surface area contributed by atoms with Crippen LogP contribution in [0.3, 0.4) is 0 Å². The highest BCUT2D eigenvalue weighted by Crippen LogP contribution is 2.30. The summed E-state index contributed by atoms with van der Waals surface area (Å²) in [4.78, 5) is 24.7. The van der Waals surface area contributed by atoms with Gasteiger partial charge in [0.1, 0.15) is 5.82 Å². The van der Waals surface area contributed by atoms with Crippen molar-refractivity contribution in [1.82, 2.24) is 14.5 Å². The summed E-state index contributed by atoms with van der Waals surface area (Å²) in [6, 6.07) is 12.5. The number of aromatic nitrogens is 3. The lowest BCUT2D eigenvalue weighted by Gasteiger charge is -2.20. The molecule has 0 aliphatic rings. The number of hydrogen-bond acceptors (Lipinski definition) is 5. The van der Waals surface area contributed by atoms with Crippen molar-refractivity contribution in [2.75, 3.05) is 17.2 Å². The molecule has 0 saturated heterocycles. The molecular formula is C23H24ClFN4OS2. The summed E-state index contributed by atoms with van der Waals surface area (Å²) >= 11 is 3.11. The van der Waals surface area contributed by atoms with Gasteiger partial charge < -0.3 is 4.57 Å². The number of imidazole rings is 1. The van der Waals surface area contributed by atoms with Crippen LogP contribution in [0, 0.1) is 12.7 Å². The molecular weight excluding hydrogens is 467 g/mol. The second-order valence-electron chi connectivity index (χ2n) is 7.22. The molecule has 2 heterocycles. The van der Waals surface area contributed by atoms with Gasteiger partial charge in [-0.1, -0.05) is 17.4 Å². The average molecular weight is 491 g/mol. The zero-order valence-electron chi connectivity index (χ0n) is 17.6. The fourth-order valence-corrected chi connectivity index (χ4v) is 5.16. The van der Waals surface area contributed by atoms with Gasteiger partial charge in [0.05, 0.1) is 16.5 Å². The molecule has 168 valence electrons. The molecule has 4 rings (SSSR count). The van der Waals surface area contributed by atoms with Gasteiger partial charge in [0.25, 0.3) is 0 Å². The number of carbonyl (C=O) groups excluding carboxylic acids is 1. The van der Waals surface area contributed by atoms with Gasteiger partial charge in [-0.05, 0) is 55.3 Å². The number of thioether (sulfide) groups is 1. The minimum absolute atomic E-state index is 0. The maximum Gasteiger partial charge on any atom is 0.229 e. The first kappa shape index (κ1) is 24.2. The van der Waals surface area contributed by atoms with Gasteiger partial charge in [0.2, 0.25) is 5.91 Å². The molecule has 2 aromatic carbocycles. The van der Waals surface area contributed by atoms with Crippen LogP contribution in [0.15, 0.2) is 66.1 Å². The molecule has 4 aromatic rings. The second-order valence-corrected chi connectivity index (χ2v) is 9.40. The van der Waals surface area contributed by atoms with Crippen LogP contribution in [-0.2, 0) is 11.3 Å². The number of thiazole rings is 1. The number of benzene rings is 2. The standard InChI is InChI=1S/C23H23FN4OS2.ClH/c1-17-3-8-20-21(15-17)31-23(26-20)28(12-2-11-27-13-10-25-16-27)22(29)9-14-30-19-6-4-18(24)5-7-19;/h3-8,10,13,15-16H,2,9,11-12,14H2,1H3;1H. The van der Waals surface area contributed by atoms with E-state index in [2.05, 4.69) is 18.0 Å². The Labute approximate surface area is 201 Å². The van der Waals surface area contributed by atoms with Crippen LogP contribution >= 0.6 is 35.5 Å². The summed E-state index contributed by atoms with van der Waals surface area (Å²) in [5.41, 5.74) is 2.09. The van der Waals surface area contributed by atoms with Gasteiger partial charge in [0.15, 0.2) is 5.13 Å². The minimum atomic E-state index is -0.254. The van der Waals surface area contributed by atoms with E-state index in [1.165, 1.54) is 17.7 Å². The van der Waals surface area contributed by atoms with Crippen molar-refractivity contribution in [3.63, 3.8) is 0 Å². The van der Waals surface area contributed by atoms with E-state index < -0.39 is 0 Å². The summed E-state index contributed by atoms with van der Waals surface area (Å²) in [6.45, 7) is 3.44. The van der Waals surface area contributed by atoms with E-state index in [-0.39, 0.29) is 24.1 Å². The van der Waals surface area contributed by atoms with Gasteiger partial charge >= 0.3 is 0 Å². The molecule has 0 unspecified atom stereocenters. The molecule has 2 aromatic heterocycles. The molecule has 0 spiro atoms. The average Bonchev–Trinajstić information content (AvgIpc) is 3.42. The molecule has 0 bridgehead atoms. The summed E-state index contributed by atoms with van der Waals surface area (Å²) in [5, 5.41) is 0.739. The van der Waals surface area contributed by atoms with Crippen LogP contribution in [0.1, 0.15) is 18.4 Å². The third-order valence-corrected chi connectivity index (χ3v) is 6.88. The lowest BCUT2D eigenvalue weighted by atomic mass is 10.2. The first-order valence-corrected chi connectivity index (χ1v) is 11.9. The van der Waals surface area contributed by atoms with E-state index in [0.29, 0.717) is 18.7 Å². The van der Waals surface area contributed by atoms with Crippen LogP contribution in [-0.4, -0.2) is 32.7 Å². The quantitative estimate of drug-likeness (QED) is 0.271. The SMILES string of the molecule is Cc1ccc2nc(N(CCCn3ccnc3)C(=O)CCSc3ccc(F)cc3)sc2c1.Cl. The number of nitrogens with zero attached hydrogens (tertiary/aromatic N) is 4. The fraction of sp³-hybridized carbons (Fsp3) is 0.261. The monoisotopic (exact) mass is 490 g/mol. The fourth-order valence-electron chi connectivity index (χ4n) is 3.21. The molecule has 0 radical (unpaired) electrons. The largest absolute Gasteiger partial charge is 0.337 e. The van der Waals surface area contributed by atoms with Crippen LogP contribution < -0.4 is 4.90 Å². The van der Waals surface area contributed by atoms with Crippen LogP contribution in [0.5, 0.6) is 0 Å². The lowest BCUT2D eigenvalue weighted by molar-refractivity contribution is -0.118. The molecule has 32 heavy (non-hydrogen) atoms. The van der Waals surface area contributed by atoms with Gasteiger partial charge in [-0.3, -0.25) is 9.69 Å². The van der Waals surface area contributed by atoms with Crippen molar-refractivity contribution >= 4 is 56.8 Å². The Kier molecular flexibility index (Phi) is 8.67. The molecule has 5 nitrogen and oxygen atoms in total. The summed E-state index contributed by atoms with van der Waals surface area (Å²) in [6.07, 6.45) is 6.66. The van der Waals surface area contributed by atoms with Crippen molar-refractivity contribution in [2.24, 2.45) is 0 Å². The Morgan fingerprint density at radius 2 is 2.03 bits per heavy atom. The van der Waals surface area contributed by atoms with Gasteiger partial charge in [0, 0.05) is 42.6 Å². The lowest BCUT2D eigenvalue weighted by Crippen LogP contribution is -2.32. The predicted molar refractivity (Wildman–Crippen MR) is 133 cm³/mol. The first-order chi connectivity index (χ1) is 15.1. The molecule has 0 atom stereocenters. The zero-order chi connectivity index (χ0) is 21.6. The normalized spacial score (nSPS) is 10.8. The predicted octanol–water partition coefficient (Wildman–Crippen LogP) is 5.97. The second kappa shape index (κ2) is 11.4. The van der Waals surface area contributed by atoms with E-state index in [0.717, 1.165) is 33.2 Å². The number of amides is 1. The highest BCUT2D eigenvalue weighted by molar-refractivity contribution is 7.99. The van der Waals surface area contributed by atoms with Crippen LogP contribution in [0.4, 0.5) is 9.52 Å². The third-order valence-electron chi connectivity index (χ3n) is 4.82. The van der Waals surface area contributed by atoms with Crippen molar-refractivity contribution in [3.8, 4) is 0 Å². The summed E-state index contributed by atoms with van der Waals surface area (Å²) in [5.74, 6) is 0.429. The zero-order valence-corrected chi connectivity index (χ0v) is 20.1. The summed E-state index contributed by atoms with van der Waals surface area (Å²) < 4.78 is 16.2. The van der Waals surface area contributed by atoms with Crippen molar-refractivity contribution in [3.05, 3.63) is 72.6 Å². The number of fused-ring (bicyclic) bond motifs is 1. The Hall–Kier alpha value is -2.42. The van der Waals surface area contributed by atoms with E-state index in [1.807, 2.05) is 27.8 Å². The van der Waals surface area contributed by atoms with Crippen LogP contribution in [0.2, 0.25) is 0 Å². The van der Waals surface area contributed by atoms with E-state index in [9.17, 15) is 9.18 Å². The molecule has 0 N–H and O–H groups in total. The van der Waals surface area contributed by atoms with E-state index in [4.69, 9.17) is 4.98 Å². The number of anilines is 1. The smallest absolute Gasteiger partial charge is 0.229 e. The van der Waals surface area contributed by atoms with Gasteiger partial charge in [-0.2, -0.15) is 0 Å². The topological polar surface area (TPSA) is 51.0 Å². The van der Waals surface area contributed by atoms with E-state index >= 15 is 0 Å². The Morgan fingerprint density at radius 3 is 2.78 bits per heavy atom. The maximum absolute atomic E-state index is 13.1. The molecule has 0 aliphatic heterocycles. The number of carbonyl (C=O) groups is 1. The minimum Gasteiger partial charge on any atom is -0.337 e. The third kappa shape index (κ3) is 6.31. The van der Waals surface area contributed by atoms with Gasteiger partial charge in [-0.15, -0.1) is 24.2 Å². The van der Waals surface area contributed by atoms with E-state index in [1.54, 1.807) is 47.8 Å². The first-order valence-electron chi connectivity index (χ1n) is 10.1. The highest BCUT2D eigenvalue weighted by atomic mass is 35.5. The molecule has 9 heteroatoms. The molecule has 0 aliphatic carbocycles.